The maximum Gasteiger partial charge on any atom is 0.194 e. The summed E-state index contributed by atoms with van der Waals surface area (Å²) in [7, 11) is 0. The van der Waals surface area contributed by atoms with E-state index in [1.54, 1.807) is 0 Å². The van der Waals surface area contributed by atoms with Gasteiger partial charge in [-0.25, -0.2) is 9.98 Å². The smallest absolute Gasteiger partial charge is 0.194 e. The molecule has 3 rings (SSSR count). The van der Waals surface area contributed by atoms with Gasteiger partial charge in [0.2, 0.25) is 0 Å². The first kappa shape index (κ1) is 19.8. The van der Waals surface area contributed by atoms with Crippen LogP contribution >= 0.6 is 24.0 Å². The monoisotopic (exact) mass is 453 g/mol. The van der Waals surface area contributed by atoms with Crippen molar-refractivity contribution < 1.29 is 0 Å². The molecular weight excluding hydrogens is 425 g/mol. The summed E-state index contributed by atoms with van der Waals surface area (Å²) >= 11 is 0. The minimum Gasteiger partial charge on any atom is -0.357 e. The van der Waals surface area contributed by atoms with E-state index in [-0.39, 0.29) is 24.0 Å². The third-order valence-electron chi connectivity index (χ3n) is 4.72. The summed E-state index contributed by atoms with van der Waals surface area (Å²) in [5.74, 6) is 1.66. The lowest BCUT2D eigenvalue weighted by atomic mass is 9.93. The van der Waals surface area contributed by atoms with Gasteiger partial charge in [-0.2, -0.15) is 0 Å². The minimum absolute atomic E-state index is 0. The number of nitrogens with one attached hydrogen (secondary N) is 1. The van der Waals surface area contributed by atoms with Gasteiger partial charge in [0.25, 0.3) is 0 Å². The minimum atomic E-state index is 0. The lowest BCUT2D eigenvalue weighted by Crippen LogP contribution is -2.49. The van der Waals surface area contributed by atoms with E-state index in [2.05, 4.69) is 64.1 Å². The van der Waals surface area contributed by atoms with Crippen LogP contribution in [0.15, 0.2) is 54.0 Å². The van der Waals surface area contributed by atoms with Gasteiger partial charge in [-0.05, 0) is 24.8 Å². The van der Waals surface area contributed by atoms with E-state index < -0.39 is 0 Å². The molecule has 1 aliphatic heterocycles. The molecule has 0 aliphatic carbocycles. The molecule has 0 amide bonds. The summed E-state index contributed by atoms with van der Waals surface area (Å²) in [6.07, 6.45) is 7.02. The third-order valence-corrected chi connectivity index (χ3v) is 4.72. The van der Waals surface area contributed by atoms with E-state index in [0.29, 0.717) is 18.5 Å². The summed E-state index contributed by atoms with van der Waals surface area (Å²) in [6.45, 7) is 8.07. The van der Waals surface area contributed by atoms with Gasteiger partial charge in [-0.1, -0.05) is 37.3 Å². The Bertz CT molecular complexity index is 641. The van der Waals surface area contributed by atoms with Crippen LogP contribution in [0.1, 0.15) is 31.9 Å². The number of aliphatic imine (C=N–C) groups is 1. The average Bonchev–Trinajstić information content (AvgIpc) is 3.14. The number of halogens is 1. The van der Waals surface area contributed by atoms with Gasteiger partial charge in [0.15, 0.2) is 5.96 Å². The molecule has 1 aromatic carbocycles. The Balaban J connectivity index is 0.00000225. The van der Waals surface area contributed by atoms with Crippen molar-refractivity contribution >= 4 is 29.9 Å². The fourth-order valence-corrected chi connectivity index (χ4v) is 3.27. The first-order valence-corrected chi connectivity index (χ1v) is 8.82. The van der Waals surface area contributed by atoms with Gasteiger partial charge >= 0.3 is 0 Å². The number of piperidine rings is 1. The molecule has 1 N–H and O–H groups in total. The van der Waals surface area contributed by atoms with Gasteiger partial charge in [0.05, 0.1) is 18.9 Å². The van der Waals surface area contributed by atoms with Crippen LogP contribution in [0.4, 0.5) is 0 Å². The molecule has 5 nitrogen and oxygen atoms in total. The lowest BCUT2D eigenvalue weighted by molar-refractivity contribution is 0.189. The number of hydrogen-bond acceptors (Lipinski definition) is 2. The molecule has 1 saturated heterocycles. The number of aromatic nitrogens is 2. The molecule has 2 heterocycles. The molecule has 0 saturated carbocycles. The summed E-state index contributed by atoms with van der Waals surface area (Å²) in [4.78, 5) is 11.5. The van der Waals surface area contributed by atoms with Crippen LogP contribution in [0.2, 0.25) is 0 Å². The van der Waals surface area contributed by atoms with Crippen molar-refractivity contribution in [3.8, 4) is 0 Å². The van der Waals surface area contributed by atoms with Crippen LogP contribution in [0.5, 0.6) is 0 Å². The number of benzene rings is 1. The van der Waals surface area contributed by atoms with E-state index in [1.807, 2.05) is 18.6 Å². The highest BCUT2D eigenvalue weighted by atomic mass is 127. The van der Waals surface area contributed by atoms with E-state index in [1.165, 1.54) is 12.0 Å². The number of guanidine groups is 1. The van der Waals surface area contributed by atoms with Crippen LogP contribution in [0.25, 0.3) is 0 Å². The van der Waals surface area contributed by atoms with Gasteiger partial charge in [-0.3, -0.25) is 0 Å². The van der Waals surface area contributed by atoms with Crippen molar-refractivity contribution in [2.75, 3.05) is 19.6 Å². The van der Waals surface area contributed by atoms with Crippen molar-refractivity contribution in [3.63, 3.8) is 0 Å². The zero-order chi connectivity index (χ0) is 16.8. The molecular formula is C19H28IN5. The van der Waals surface area contributed by atoms with Crippen LogP contribution in [0.3, 0.4) is 0 Å². The zero-order valence-corrected chi connectivity index (χ0v) is 17.3. The van der Waals surface area contributed by atoms with Crippen LogP contribution in [-0.2, 0) is 6.54 Å². The molecule has 1 aromatic heterocycles. The normalized spacial score (nSPS) is 20.9. The summed E-state index contributed by atoms with van der Waals surface area (Å²) in [5.41, 5.74) is 1.24. The second-order valence-electron chi connectivity index (χ2n) is 6.44. The number of nitrogens with zero attached hydrogens (tertiary/aromatic N) is 4. The molecule has 1 fully saturated rings. The molecule has 0 spiro atoms. The number of hydrogen-bond donors (Lipinski definition) is 1. The van der Waals surface area contributed by atoms with Crippen LogP contribution in [0, 0.1) is 5.92 Å². The van der Waals surface area contributed by atoms with Crippen molar-refractivity contribution in [2.45, 2.75) is 32.9 Å². The van der Waals surface area contributed by atoms with Gasteiger partial charge < -0.3 is 14.8 Å². The summed E-state index contributed by atoms with van der Waals surface area (Å²) < 4.78 is 2.23. The van der Waals surface area contributed by atoms with E-state index in [0.717, 1.165) is 25.6 Å². The highest BCUT2D eigenvalue weighted by Gasteiger charge is 2.28. The van der Waals surface area contributed by atoms with Gasteiger partial charge in [-0.15, -0.1) is 24.0 Å². The van der Waals surface area contributed by atoms with Gasteiger partial charge in [0, 0.05) is 32.0 Å². The fourth-order valence-electron chi connectivity index (χ4n) is 3.27. The Hall–Kier alpha value is -1.57. The topological polar surface area (TPSA) is 45.5 Å². The summed E-state index contributed by atoms with van der Waals surface area (Å²) in [5, 5.41) is 3.45. The van der Waals surface area contributed by atoms with Crippen molar-refractivity contribution in [1.82, 2.24) is 19.8 Å². The van der Waals surface area contributed by atoms with E-state index in [4.69, 9.17) is 4.99 Å². The Morgan fingerprint density at radius 1 is 1.32 bits per heavy atom. The lowest BCUT2D eigenvalue weighted by Gasteiger charge is -2.39. The second kappa shape index (κ2) is 9.79. The Morgan fingerprint density at radius 2 is 2.12 bits per heavy atom. The maximum atomic E-state index is 4.85. The largest absolute Gasteiger partial charge is 0.357 e. The predicted molar refractivity (Wildman–Crippen MR) is 113 cm³/mol. The van der Waals surface area contributed by atoms with Crippen molar-refractivity contribution in [1.29, 1.82) is 0 Å². The number of likely N-dealkylation sites (tertiary alicyclic amines) is 1. The van der Waals surface area contributed by atoms with E-state index in [9.17, 15) is 0 Å². The second-order valence-corrected chi connectivity index (χ2v) is 6.44. The number of rotatable bonds is 4. The Labute approximate surface area is 167 Å². The summed E-state index contributed by atoms with van der Waals surface area (Å²) in [6, 6.07) is 10.9. The first-order chi connectivity index (χ1) is 11.8. The highest BCUT2D eigenvalue weighted by Crippen LogP contribution is 2.27. The Kier molecular flexibility index (Phi) is 7.74. The molecule has 136 valence electrons. The molecule has 2 aromatic rings. The highest BCUT2D eigenvalue weighted by molar-refractivity contribution is 14.0. The first-order valence-electron chi connectivity index (χ1n) is 8.82. The Morgan fingerprint density at radius 3 is 2.80 bits per heavy atom. The average molecular weight is 453 g/mol. The zero-order valence-electron chi connectivity index (χ0n) is 15.0. The third kappa shape index (κ3) is 5.20. The SMILES string of the molecule is CCNC(=NCc1ccccc1)N1CCC(C)C(n2ccnc2)C1.I. The molecule has 6 heteroatoms. The van der Waals surface area contributed by atoms with E-state index >= 15 is 0 Å². The van der Waals surface area contributed by atoms with Gasteiger partial charge in [0.1, 0.15) is 0 Å². The molecule has 2 unspecified atom stereocenters. The van der Waals surface area contributed by atoms with Crippen molar-refractivity contribution in [2.24, 2.45) is 10.9 Å². The standard InChI is InChI=1S/C19H27N5.HI/c1-3-21-19(22-13-17-7-5-4-6-8-17)23-11-9-16(2)18(14-23)24-12-10-20-15-24;/h4-8,10,12,15-16,18H,3,9,11,13-14H2,1-2H3,(H,21,22);1H. The maximum absolute atomic E-state index is 4.85. The molecule has 25 heavy (non-hydrogen) atoms. The molecule has 0 radical (unpaired) electrons. The van der Waals surface area contributed by atoms with Crippen LogP contribution in [-0.4, -0.2) is 40.0 Å². The van der Waals surface area contributed by atoms with Crippen molar-refractivity contribution in [3.05, 3.63) is 54.6 Å². The fraction of sp³-hybridized carbons (Fsp3) is 0.474. The predicted octanol–water partition coefficient (Wildman–Crippen LogP) is 3.55. The number of imidazole rings is 1. The van der Waals surface area contributed by atoms with Crippen LogP contribution < -0.4 is 5.32 Å². The molecule has 0 bridgehead atoms. The molecule has 1 aliphatic rings. The quantitative estimate of drug-likeness (QED) is 0.438. The molecule has 2 atom stereocenters.